The van der Waals surface area contributed by atoms with Crippen LogP contribution < -0.4 is 11.1 Å². The lowest BCUT2D eigenvalue weighted by Crippen LogP contribution is -2.34. The van der Waals surface area contributed by atoms with E-state index in [9.17, 15) is 9.18 Å². The van der Waals surface area contributed by atoms with Crippen molar-refractivity contribution in [3.05, 3.63) is 71.5 Å². The summed E-state index contributed by atoms with van der Waals surface area (Å²) >= 11 is 0. The van der Waals surface area contributed by atoms with Crippen LogP contribution in [-0.4, -0.2) is 6.03 Å². The van der Waals surface area contributed by atoms with Gasteiger partial charge in [0.05, 0.1) is 6.04 Å². The van der Waals surface area contributed by atoms with Crippen LogP contribution in [0.1, 0.15) is 17.2 Å². The molecule has 3 N–H and O–H groups in total. The van der Waals surface area contributed by atoms with E-state index in [-0.39, 0.29) is 5.82 Å². The number of carbonyl (C=O) groups excluding carboxylic acids is 1. The van der Waals surface area contributed by atoms with Crippen LogP contribution in [0, 0.1) is 5.82 Å². The second-order valence-electron chi connectivity index (χ2n) is 3.87. The zero-order valence-electron chi connectivity index (χ0n) is 9.64. The highest BCUT2D eigenvalue weighted by atomic mass is 19.1. The van der Waals surface area contributed by atoms with Gasteiger partial charge in [0.1, 0.15) is 5.82 Å². The lowest BCUT2D eigenvalue weighted by Gasteiger charge is -2.19. The molecule has 0 aliphatic rings. The molecule has 0 bridgehead atoms. The molecule has 0 fully saturated rings. The number of rotatable bonds is 3. The lowest BCUT2D eigenvalue weighted by molar-refractivity contribution is 0.246. The quantitative estimate of drug-likeness (QED) is 0.856. The molecule has 0 aliphatic heterocycles. The van der Waals surface area contributed by atoms with Gasteiger partial charge in [0.2, 0.25) is 0 Å². The Morgan fingerprint density at radius 2 is 1.67 bits per heavy atom. The van der Waals surface area contributed by atoms with E-state index in [1.165, 1.54) is 6.07 Å². The third kappa shape index (κ3) is 2.66. The van der Waals surface area contributed by atoms with Gasteiger partial charge in [0, 0.05) is 5.56 Å². The van der Waals surface area contributed by atoms with Crippen LogP contribution in [0.4, 0.5) is 9.18 Å². The van der Waals surface area contributed by atoms with Crippen molar-refractivity contribution >= 4 is 6.03 Å². The molecule has 2 amide bonds. The van der Waals surface area contributed by atoms with Crippen molar-refractivity contribution in [1.82, 2.24) is 5.32 Å². The molecule has 0 saturated carbocycles. The van der Waals surface area contributed by atoms with Crippen LogP contribution in [0.5, 0.6) is 0 Å². The minimum Gasteiger partial charge on any atom is -0.352 e. The van der Waals surface area contributed by atoms with Crippen molar-refractivity contribution in [3.8, 4) is 0 Å². The van der Waals surface area contributed by atoms with E-state index in [1.807, 2.05) is 30.3 Å². The van der Waals surface area contributed by atoms with E-state index in [0.717, 1.165) is 5.56 Å². The molecule has 0 spiro atoms. The Hall–Kier alpha value is -2.36. The van der Waals surface area contributed by atoms with Crippen LogP contribution in [0.25, 0.3) is 0 Å². The number of nitrogens with two attached hydrogens (primary N) is 1. The van der Waals surface area contributed by atoms with Gasteiger partial charge in [0.25, 0.3) is 0 Å². The predicted molar refractivity (Wildman–Crippen MR) is 67.4 cm³/mol. The van der Waals surface area contributed by atoms with Gasteiger partial charge >= 0.3 is 6.03 Å². The van der Waals surface area contributed by atoms with Gasteiger partial charge in [-0.2, -0.15) is 0 Å². The minimum absolute atomic E-state index is 0.375. The molecule has 2 rings (SSSR count). The molecule has 3 nitrogen and oxygen atoms in total. The Kier molecular flexibility index (Phi) is 3.57. The molecule has 0 heterocycles. The molecule has 92 valence electrons. The second kappa shape index (κ2) is 5.31. The molecule has 0 saturated heterocycles. The van der Waals surface area contributed by atoms with Gasteiger partial charge in [-0.15, -0.1) is 0 Å². The highest BCUT2D eigenvalue weighted by Crippen LogP contribution is 2.23. The number of nitrogens with one attached hydrogen (secondary N) is 1. The van der Waals surface area contributed by atoms with Gasteiger partial charge < -0.3 is 11.1 Å². The van der Waals surface area contributed by atoms with Crippen molar-refractivity contribution in [2.24, 2.45) is 5.73 Å². The van der Waals surface area contributed by atoms with Crippen LogP contribution >= 0.6 is 0 Å². The fourth-order valence-corrected chi connectivity index (χ4v) is 1.84. The summed E-state index contributed by atoms with van der Waals surface area (Å²) in [5.74, 6) is -0.375. The molecule has 18 heavy (non-hydrogen) atoms. The van der Waals surface area contributed by atoms with E-state index >= 15 is 0 Å². The van der Waals surface area contributed by atoms with Crippen LogP contribution in [0.3, 0.4) is 0 Å². The molecule has 0 aliphatic carbocycles. The Bertz CT molecular complexity index is 543. The van der Waals surface area contributed by atoms with Crippen LogP contribution in [0.2, 0.25) is 0 Å². The summed E-state index contributed by atoms with van der Waals surface area (Å²) in [5.41, 5.74) is 6.32. The number of carbonyl (C=O) groups is 1. The number of urea groups is 1. The average molecular weight is 244 g/mol. The van der Waals surface area contributed by atoms with Crippen molar-refractivity contribution < 1.29 is 9.18 Å². The van der Waals surface area contributed by atoms with E-state index in [4.69, 9.17) is 5.73 Å². The normalized spacial score (nSPS) is 11.8. The zero-order chi connectivity index (χ0) is 13.0. The fourth-order valence-electron chi connectivity index (χ4n) is 1.84. The van der Waals surface area contributed by atoms with Gasteiger partial charge in [0.15, 0.2) is 0 Å². The SMILES string of the molecule is NC(=O)N[C@H](c1ccccc1)c1ccccc1F. The Morgan fingerprint density at radius 3 is 2.28 bits per heavy atom. The maximum atomic E-state index is 13.8. The summed E-state index contributed by atoms with van der Waals surface area (Å²) in [7, 11) is 0. The lowest BCUT2D eigenvalue weighted by atomic mass is 9.98. The fraction of sp³-hybridized carbons (Fsp3) is 0.0714. The Labute approximate surface area is 104 Å². The molecular weight excluding hydrogens is 231 g/mol. The van der Waals surface area contributed by atoms with Crippen molar-refractivity contribution in [2.45, 2.75) is 6.04 Å². The monoisotopic (exact) mass is 244 g/mol. The summed E-state index contributed by atoms with van der Waals surface area (Å²) in [4.78, 5) is 11.1. The van der Waals surface area contributed by atoms with E-state index in [0.29, 0.717) is 5.56 Å². The largest absolute Gasteiger partial charge is 0.352 e. The smallest absolute Gasteiger partial charge is 0.312 e. The standard InChI is InChI=1S/C14H13FN2O/c15-12-9-5-4-8-11(12)13(17-14(16)18)10-6-2-1-3-7-10/h1-9,13H,(H3,16,17,18)/t13-/m1/s1. The molecule has 2 aromatic carbocycles. The molecule has 0 radical (unpaired) electrons. The molecule has 0 aromatic heterocycles. The van der Waals surface area contributed by atoms with E-state index < -0.39 is 12.1 Å². The maximum Gasteiger partial charge on any atom is 0.312 e. The number of benzene rings is 2. The molecular formula is C14H13FN2O. The number of halogens is 1. The third-order valence-electron chi connectivity index (χ3n) is 2.64. The number of hydrogen-bond acceptors (Lipinski definition) is 1. The van der Waals surface area contributed by atoms with Crippen LogP contribution in [0.15, 0.2) is 54.6 Å². The molecule has 2 aromatic rings. The first-order valence-corrected chi connectivity index (χ1v) is 5.54. The van der Waals surface area contributed by atoms with Gasteiger partial charge in [-0.05, 0) is 11.6 Å². The average Bonchev–Trinajstić information content (AvgIpc) is 2.38. The topological polar surface area (TPSA) is 55.1 Å². The third-order valence-corrected chi connectivity index (χ3v) is 2.64. The maximum absolute atomic E-state index is 13.8. The zero-order valence-corrected chi connectivity index (χ0v) is 9.64. The summed E-state index contributed by atoms with van der Waals surface area (Å²) in [6.07, 6.45) is 0. The van der Waals surface area contributed by atoms with E-state index in [2.05, 4.69) is 5.32 Å². The predicted octanol–water partition coefficient (Wildman–Crippen LogP) is 2.58. The first-order chi connectivity index (χ1) is 8.68. The highest BCUT2D eigenvalue weighted by molar-refractivity contribution is 5.72. The minimum atomic E-state index is -0.688. The van der Waals surface area contributed by atoms with Gasteiger partial charge in [-0.3, -0.25) is 0 Å². The highest BCUT2D eigenvalue weighted by Gasteiger charge is 2.18. The Morgan fingerprint density at radius 1 is 1.06 bits per heavy atom. The summed E-state index contributed by atoms with van der Waals surface area (Å²) < 4.78 is 13.8. The number of primary amides is 1. The molecule has 0 unspecified atom stereocenters. The van der Waals surface area contributed by atoms with Gasteiger partial charge in [-0.25, -0.2) is 9.18 Å². The first-order valence-electron chi connectivity index (χ1n) is 5.54. The van der Waals surface area contributed by atoms with Crippen LogP contribution in [-0.2, 0) is 0 Å². The van der Waals surface area contributed by atoms with Gasteiger partial charge in [-0.1, -0.05) is 48.5 Å². The Balaban J connectivity index is 2.44. The molecule has 4 heteroatoms. The second-order valence-corrected chi connectivity index (χ2v) is 3.87. The summed E-state index contributed by atoms with van der Waals surface area (Å²) in [6, 6.07) is 14.2. The number of hydrogen-bond donors (Lipinski definition) is 2. The van der Waals surface area contributed by atoms with Crippen molar-refractivity contribution in [3.63, 3.8) is 0 Å². The first kappa shape index (κ1) is 12.1. The van der Waals surface area contributed by atoms with E-state index in [1.54, 1.807) is 18.2 Å². The number of amides is 2. The molecule has 1 atom stereocenters. The summed E-state index contributed by atoms with van der Waals surface area (Å²) in [6.45, 7) is 0. The van der Waals surface area contributed by atoms with Crippen molar-refractivity contribution in [2.75, 3.05) is 0 Å². The van der Waals surface area contributed by atoms with Crippen molar-refractivity contribution in [1.29, 1.82) is 0 Å². The summed E-state index contributed by atoms with van der Waals surface area (Å²) in [5, 5.41) is 2.55.